The summed E-state index contributed by atoms with van der Waals surface area (Å²) in [7, 11) is 0. The second kappa shape index (κ2) is 11.8. The monoisotopic (exact) mass is 677 g/mol. The van der Waals surface area contributed by atoms with Gasteiger partial charge in [-0.3, -0.25) is 0 Å². The highest BCUT2D eigenvalue weighted by Crippen LogP contribution is 2.52. The van der Waals surface area contributed by atoms with E-state index >= 15 is 0 Å². The maximum absolute atomic E-state index is 2.56. The molecule has 0 radical (unpaired) electrons. The van der Waals surface area contributed by atoms with Crippen molar-refractivity contribution >= 4 is 74.3 Å². The zero-order valence-electron chi connectivity index (χ0n) is 29.5. The Bertz CT molecular complexity index is 2600. The van der Waals surface area contributed by atoms with E-state index in [0.29, 0.717) is 5.92 Å². The van der Waals surface area contributed by atoms with Crippen LogP contribution in [0, 0.1) is 5.92 Å². The van der Waals surface area contributed by atoms with Crippen LogP contribution < -0.4 is 31.1 Å². The topological polar surface area (TPSA) is 9.72 Å². The summed E-state index contributed by atoms with van der Waals surface area (Å²) in [6.07, 6.45) is 9.13. The van der Waals surface area contributed by atoms with E-state index in [0.717, 1.165) is 11.4 Å². The number of para-hydroxylation sites is 3. The standard InChI is InChI=1S/C49H36BN3/c1-33-17-14-15-26-40(33)36-31-45-49-46(32-36)53(39-24-12-5-13-25-39)44-30-35(34-18-6-2-7-19-34)29-43-48(44)50(49)47-41(51(43)37-20-8-3-9-21-37)27-16-28-42(47)52(45)38-22-10-4-11-23-38/h2-33,40H,1H3. The molecule has 250 valence electrons. The number of anilines is 9. The van der Waals surface area contributed by atoms with Crippen LogP contribution in [-0.4, -0.2) is 6.71 Å². The molecule has 53 heavy (non-hydrogen) atoms. The lowest BCUT2D eigenvalue weighted by Gasteiger charge is -2.49. The van der Waals surface area contributed by atoms with Crippen LogP contribution in [0.4, 0.5) is 51.2 Å². The summed E-state index contributed by atoms with van der Waals surface area (Å²) in [4.78, 5) is 7.60. The third-order valence-electron chi connectivity index (χ3n) is 11.6. The molecule has 2 unspecified atom stereocenters. The van der Waals surface area contributed by atoms with Crippen molar-refractivity contribution in [3.05, 3.63) is 194 Å². The van der Waals surface area contributed by atoms with Crippen molar-refractivity contribution < 1.29 is 0 Å². The molecule has 2 atom stereocenters. The summed E-state index contributed by atoms with van der Waals surface area (Å²) in [5, 5.41) is 0. The van der Waals surface area contributed by atoms with E-state index in [-0.39, 0.29) is 12.6 Å². The largest absolute Gasteiger partial charge is 0.311 e. The van der Waals surface area contributed by atoms with E-state index < -0.39 is 0 Å². The summed E-state index contributed by atoms with van der Waals surface area (Å²) >= 11 is 0. The lowest BCUT2D eigenvalue weighted by atomic mass is 9.31. The van der Waals surface area contributed by atoms with Crippen LogP contribution >= 0.6 is 0 Å². The molecule has 3 nitrogen and oxygen atoms in total. The molecule has 0 N–H and O–H groups in total. The average Bonchev–Trinajstić information content (AvgIpc) is 3.22. The van der Waals surface area contributed by atoms with E-state index in [1.807, 2.05) is 0 Å². The molecule has 0 amide bonds. The van der Waals surface area contributed by atoms with Crippen LogP contribution in [0.1, 0.15) is 18.4 Å². The van der Waals surface area contributed by atoms with Crippen molar-refractivity contribution in [1.29, 1.82) is 0 Å². The molecular weight excluding hydrogens is 641 g/mol. The Morgan fingerprint density at radius 2 is 0.811 bits per heavy atom. The SMILES string of the molecule is CC1C=CC=CC1c1cc2c3c(c1)N(c1ccccc1)c1cc(-c4ccccc4)cc4c1B3c1c(cccc1N2c1ccccc1)N4c1ccccc1. The van der Waals surface area contributed by atoms with Crippen molar-refractivity contribution in [1.82, 2.24) is 0 Å². The number of allylic oxidation sites excluding steroid dienone is 4. The van der Waals surface area contributed by atoms with Gasteiger partial charge >= 0.3 is 0 Å². The maximum Gasteiger partial charge on any atom is 0.257 e. The van der Waals surface area contributed by atoms with E-state index in [9.17, 15) is 0 Å². The lowest BCUT2D eigenvalue weighted by Crippen LogP contribution is -2.65. The first kappa shape index (κ1) is 30.1. The second-order valence-corrected chi connectivity index (χ2v) is 14.6. The Morgan fingerprint density at radius 3 is 1.30 bits per heavy atom. The van der Waals surface area contributed by atoms with Gasteiger partial charge in [-0.05, 0) is 112 Å². The fourth-order valence-electron chi connectivity index (χ4n) is 9.34. The molecule has 0 saturated carbocycles. The van der Waals surface area contributed by atoms with Gasteiger partial charge in [0.2, 0.25) is 0 Å². The van der Waals surface area contributed by atoms with Crippen LogP contribution in [0.15, 0.2) is 188 Å². The quantitative estimate of drug-likeness (QED) is 0.168. The van der Waals surface area contributed by atoms with Crippen molar-refractivity contribution in [2.24, 2.45) is 5.92 Å². The van der Waals surface area contributed by atoms with Crippen molar-refractivity contribution in [3.63, 3.8) is 0 Å². The third kappa shape index (κ3) is 4.48. The number of rotatable bonds is 5. The molecule has 0 saturated heterocycles. The van der Waals surface area contributed by atoms with Crippen molar-refractivity contribution in [2.75, 3.05) is 14.7 Å². The average molecular weight is 678 g/mol. The van der Waals surface area contributed by atoms with Crippen LogP contribution in [0.3, 0.4) is 0 Å². The maximum atomic E-state index is 2.56. The molecular formula is C49H36BN3. The summed E-state index contributed by atoms with van der Waals surface area (Å²) < 4.78 is 0. The van der Waals surface area contributed by atoms with E-state index in [1.165, 1.54) is 72.9 Å². The Kier molecular flexibility index (Phi) is 6.69. The zero-order chi connectivity index (χ0) is 35.0. The zero-order valence-corrected chi connectivity index (χ0v) is 29.5. The molecule has 0 fully saturated rings. The summed E-state index contributed by atoms with van der Waals surface area (Å²) in [6.45, 7) is 2.39. The molecule has 1 aliphatic carbocycles. The number of nitrogens with zero attached hydrogens (tertiary/aromatic N) is 3. The highest BCUT2D eigenvalue weighted by molar-refractivity contribution is 7.02. The lowest BCUT2D eigenvalue weighted by molar-refractivity contribution is 0.635. The van der Waals surface area contributed by atoms with Gasteiger partial charge in [0.05, 0.1) is 0 Å². The van der Waals surface area contributed by atoms with Crippen molar-refractivity contribution in [2.45, 2.75) is 12.8 Å². The van der Waals surface area contributed by atoms with Crippen LogP contribution in [0.5, 0.6) is 0 Å². The van der Waals surface area contributed by atoms with Gasteiger partial charge in [0, 0.05) is 57.1 Å². The molecule has 4 heteroatoms. The summed E-state index contributed by atoms with van der Waals surface area (Å²) in [5.41, 5.74) is 18.7. The summed E-state index contributed by atoms with van der Waals surface area (Å²) in [6, 6.07) is 60.5. The van der Waals surface area contributed by atoms with Gasteiger partial charge in [0.25, 0.3) is 6.71 Å². The molecule has 4 aliphatic rings. The first-order valence-corrected chi connectivity index (χ1v) is 18.7. The Hall–Kier alpha value is -6.52. The summed E-state index contributed by atoms with van der Waals surface area (Å²) in [5.74, 6) is 0.640. The minimum Gasteiger partial charge on any atom is -0.311 e. The smallest absolute Gasteiger partial charge is 0.257 e. The fraction of sp³-hybridized carbons (Fsp3) is 0.0612. The number of hydrogen-bond acceptors (Lipinski definition) is 3. The van der Waals surface area contributed by atoms with Gasteiger partial charge < -0.3 is 14.7 Å². The first-order valence-electron chi connectivity index (χ1n) is 18.7. The van der Waals surface area contributed by atoms with Crippen molar-refractivity contribution in [3.8, 4) is 11.1 Å². The Balaban J connectivity index is 1.31. The van der Waals surface area contributed by atoms with E-state index in [1.54, 1.807) is 0 Å². The fourth-order valence-corrected chi connectivity index (χ4v) is 9.34. The molecule has 7 aromatic rings. The molecule has 3 aliphatic heterocycles. The Morgan fingerprint density at radius 1 is 0.396 bits per heavy atom. The molecule has 3 heterocycles. The van der Waals surface area contributed by atoms with Crippen LogP contribution in [-0.2, 0) is 0 Å². The van der Waals surface area contributed by atoms with Gasteiger partial charge in [-0.25, -0.2) is 0 Å². The number of hydrogen-bond donors (Lipinski definition) is 0. The normalized spacial score (nSPS) is 17.2. The van der Waals surface area contributed by atoms with Gasteiger partial charge in [0.1, 0.15) is 0 Å². The highest BCUT2D eigenvalue weighted by Gasteiger charge is 2.49. The van der Waals surface area contributed by atoms with Gasteiger partial charge in [-0.15, -0.1) is 0 Å². The first-order chi connectivity index (χ1) is 26.2. The second-order valence-electron chi connectivity index (χ2n) is 14.6. The molecule has 0 bridgehead atoms. The molecule has 0 aromatic heterocycles. The molecule has 7 aromatic carbocycles. The third-order valence-corrected chi connectivity index (χ3v) is 11.6. The Labute approximate surface area is 311 Å². The van der Waals surface area contributed by atoms with Gasteiger partial charge in [0.15, 0.2) is 0 Å². The predicted molar refractivity (Wildman–Crippen MR) is 224 cm³/mol. The van der Waals surface area contributed by atoms with Crippen LogP contribution in [0.2, 0.25) is 0 Å². The van der Waals surface area contributed by atoms with Gasteiger partial charge in [-0.1, -0.05) is 122 Å². The molecule has 0 spiro atoms. The molecule has 11 rings (SSSR count). The number of benzene rings is 7. The van der Waals surface area contributed by atoms with Gasteiger partial charge in [-0.2, -0.15) is 0 Å². The minimum atomic E-state index is 0.0502. The predicted octanol–water partition coefficient (Wildman–Crippen LogP) is 11.1. The highest BCUT2D eigenvalue weighted by atomic mass is 15.2. The van der Waals surface area contributed by atoms with E-state index in [4.69, 9.17) is 0 Å². The van der Waals surface area contributed by atoms with Crippen LogP contribution in [0.25, 0.3) is 11.1 Å². The minimum absolute atomic E-state index is 0.0502. The van der Waals surface area contributed by atoms with E-state index in [2.05, 4.69) is 210 Å².